The number of hydrogen-bond donors (Lipinski definition) is 1. The molecule has 0 radical (unpaired) electrons. The Balaban J connectivity index is 2.06. The Morgan fingerprint density at radius 1 is 1.38 bits per heavy atom. The first-order valence-electron chi connectivity index (χ1n) is 7.45. The van der Waals surface area contributed by atoms with Gasteiger partial charge in [-0.2, -0.15) is 0 Å². The van der Waals surface area contributed by atoms with Crippen molar-refractivity contribution in [2.75, 3.05) is 12.4 Å². The van der Waals surface area contributed by atoms with E-state index in [1.54, 1.807) is 6.92 Å². The first kappa shape index (κ1) is 17.4. The third kappa shape index (κ3) is 4.28. The summed E-state index contributed by atoms with van der Waals surface area (Å²) in [6.07, 6.45) is 1.82. The number of esters is 1. The van der Waals surface area contributed by atoms with Crippen LogP contribution in [0.4, 0.5) is 17.2 Å². The van der Waals surface area contributed by atoms with Gasteiger partial charge in [0.1, 0.15) is 12.0 Å². The zero-order valence-corrected chi connectivity index (χ0v) is 13.8. The van der Waals surface area contributed by atoms with Crippen LogP contribution in [-0.2, 0) is 16.0 Å². The topological polar surface area (TPSA) is 94.4 Å². The lowest BCUT2D eigenvalue weighted by Gasteiger charge is -2.11. The molecule has 1 aromatic carbocycles. The molecule has 1 N–H and O–H groups in total. The fraction of sp³-hybridized carbons (Fsp3) is 0.294. The number of benzene rings is 1. The van der Waals surface area contributed by atoms with Crippen LogP contribution in [0.15, 0.2) is 36.5 Å². The number of nitrogens with one attached hydrogen (secondary N) is 1. The summed E-state index contributed by atoms with van der Waals surface area (Å²) in [5.74, 6) is 0.131. The number of anilines is 2. The van der Waals surface area contributed by atoms with E-state index in [4.69, 9.17) is 4.74 Å². The Morgan fingerprint density at radius 2 is 2.04 bits per heavy atom. The van der Waals surface area contributed by atoms with Crippen molar-refractivity contribution in [3.63, 3.8) is 0 Å². The maximum Gasteiger partial charge on any atom is 0.308 e. The quantitative estimate of drug-likeness (QED) is 0.496. The second-order valence-corrected chi connectivity index (χ2v) is 5.57. The van der Waals surface area contributed by atoms with Gasteiger partial charge in [0.05, 0.1) is 18.0 Å². The van der Waals surface area contributed by atoms with Crippen LogP contribution >= 0.6 is 0 Å². The number of aromatic nitrogens is 1. The SMILES string of the molecule is COC(=O)C(C)Cc1ccc(Nc2ncc([N+](=O)[O-])cc2C)cc1. The number of hydrogen-bond acceptors (Lipinski definition) is 6. The average molecular weight is 329 g/mol. The second kappa shape index (κ2) is 7.54. The van der Waals surface area contributed by atoms with Gasteiger partial charge < -0.3 is 10.1 Å². The summed E-state index contributed by atoms with van der Waals surface area (Å²) in [5.41, 5.74) is 2.48. The Kier molecular flexibility index (Phi) is 5.47. The van der Waals surface area contributed by atoms with Gasteiger partial charge in [0.15, 0.2) is 0 Å². The number of pyridine rings is 1. The van der Waals surface area contributed by atoms with Crippen molar-refractivity contribution >= 4 is 23.2 Å². The molecule has 0 amide bonds. The summed E-state index contributed by atoms with van der Waals surface area (Å²) in [5, 5.41) is 13.9. The van der Waals surface area contributed by atoms with E-state index in [-0.39, 0.29) is 17.6 Å². The van der Waals surface area contributed by atoms with Crippen molar-refractivity contribution in [3.05, 3.63) is 57.8 Å². The predicted octanol–water partition coefficient (Wildman–Crippen LogP) is 3.39. The highest BCUT2D eigenvalue weighted by molar-refractivity contribution is 5.72. The van der Waals surface area contributed by atoms with E-state index in [2.05, 4.69) is 10.3 Å². The molecule has 0 bridgehead atoms. The predicted molar refractivity (Wildman–Crippen MR) is 90.2 cm³/mol. The molecule has 2 rings (SSSR count). The lowest BCUT2D eigenvalue weighted by Crippen LogP contribution is -2.15. The number of aryl methyl sites for hydroxylation is 1. The van der Waals surface area contributed by atoms with Gasteiger partial charge in [-0.25, -0.2) is 4.98 Å². The number of nitrogens with zero attached hydrogens (tertiary/aromatic N) is 2. The molecule has 0 aliphatic heterocycles. The molecule has 1 atom stereocenters. The van der Waals surface area contributed by atoms with Crippen molar-refractivity contribution in [3.8, 4) is 0 Å². The highest BCUT2D eigenvalue weighted by Crippen LogP contribution is 2.22. The van der Waals surface area contributed by atoms with Gasteiger partial charge in [0.25, 0.3) is 5.69 Å². The molecule has 1 unspecified atom stereocenters. The van der Waals surface area contributed by atoms with E-state index >= 15 is 0 Å². The summed E-state index contributed by atoms with van der Waals surface area (Å²) >= 11 is 0. The van der Waals surface area contributed by atoms with Gasteiger partial charge in [-0.15, -0.1) is 0 Å². The molecule has 0 saturated heterocycles. The molecule has 0 spiro atoms. The van der Waals surface area contributed by atoms with E-state index in [1.165, 1.54) is 19.4 Å². The molecule has 0 fully saturated rings. The summed E-state index contributed by atoms with van der Waals surface area (Å²) in [6.45, 7) is 3.58. The number of methoxy groups -OCH3 is 1. The largest absolute Gasteiger partial charge is 0.469 e. The van der Waals surface area contributed by atoms with Crippen molar-refractivity contribution in [2.45, 2.75) is 20.3 Å². The third-order valence-electron chi connectivity index (χ3n) is 3.64. The molecule has 126 valence electrons. The van der Waals surface area contributed by atoms with Gasteiger partial charge in [-0.05, 0) is 36.6 Å². The highest BCUT2D eigenvalue weighted by atomic mass is 16.6. The minimum atomic E-state index is -0.471. The van der Waals surface area contributed by atoms with Gasteiger partial charge in [-0.1, -0.05) is 19.1 Å². The first-order valence-corrected chi connectivity index (χ1v) is 7.45. The fourth-order valence-electron chi connectivity index (χ4n) is 2.29. The number of carbonyl (C=O) groups excluding carboxylic acids is 1. The third-order valence-corrected chi connectivity index (χ3v) is 3.64. The maximum atomic E-state index is 11.4. The summed E-state index contributed by atoms with van der Waals surface area (Å²) in [7, 11) is 1.38. The molecule has 0 saturated carbocycles. The van der Waals surface area contributed by atoms with Crippen LogP contribution in [0.5, 0.6) is 0 Å². The Bertz CT molecular complexity index is 744. The molecule has 7 nitrogen and oxygen atoms in total. The van der Waals surface area contributed by atoms with Gasteiger partial charge in [0, 0.05) is 11.8 Å². The minimum Gasteiger partial charge on any atom is -0.469 e. The van der Waals surface area contributed by atoms with E-state index in [9.17, 15) is 14.9 Å². The van der Waals surface area contributed by atoms with Crippen molar-refractivity contribution in [1.29, 1.82) is 0 Å². The minimum absolute atomic E-state index is 0.0369. The van der Waals surface area contributed by atoms with Crippen LogP contribution in [0.1, 0.15) is 18.1 Å². The van der Waals surface area contributed by atoms with E-state index in [0.29, 0.717) is 17.8 Å². The zero-order chi connectivity index (χ0) is 17.7. The fourth-order valence-corrected chi connectivity index (χ4v) is 2.29. The number of carbonyl (C=O) groups is 1. The van der Waals surface area contributed by atoms with E-state index in [1.807, 2.05) is 31.2 Å². The van der Waals surface area contributed by atoms with Crippen molar-refractivity contribution in [2.24, 2.45) is 5.92 Å². The summed E-state index contributed by atoms with van der Waals surface area (Å²) < 4.78 is 4.72. The smallest absolute Gasteiger partial charge is 0.308 e. The highest BCUT2D eigenvalue weighted by Gasteiger charge is 2.14. The molecule has 24 heavy (non-hydrogen) atoms. The van der Waals surface area contributed by atoms with Crippen LogP contribution in [-0.4, -0.2) is 23.0 Å². The van der Waals surface area contributed by atoms with E-state index < -0.39 is 4.92 Å². The molecule has 7 heteroatoms. The number of ether oxygens (including phenoxy) is 1. The van der Waals surface area contributed by atoms with Crippen molar-refractivity contribution < 1.29 is 14.5 Å². The van der Waals surface area contributed by atoms with Crippen LogP contribution in [0.25, 0.3) is 0 Å². The lowest BCUT2D eigenvalue weighted by atomic mass is 10.0. The Morgan fingerprint density at radius 3 is 2.58 bits per heavy atom. The zero-order valence-electron chi connectivity index (χ0n) is 13.8. The number of rotatable bonds is 6. The van der Waals surface area contributed by atoms with Crippen LogP contribution in [0, 0.1) is 23.0 Å². The Hall–Kier alpha value is -2.96. The molecule has 0 aliphatic rings. The molecule has 1 aromatic heterocycles. The Labute approximate surface area is 139 Å². The van der Waals surface area contributed by atoms with Crippen molar-refractivity contribution in [1.82, 2.24) is 4.98 Å². The summed E-state index contributed by atoms with van der Waals surface area (Å²) in [6, 6.07) is 9.07. The molecule has 0 aliphatic carbocycles. The van der Waals surface area contributed by atoms with E-state index in [0.717, 1.165) is 11.3 Å². The summed E-state index contributed by atoms with van der Waals surface area (Å²) in [4.78, 5) is 25.8. The maximum absolute atomic E-state index is 11.4. The molecular weight excluding hydrogens is 310 g/mol. The van der Waals surface area contributed by atoms with Crippen LogP contribution in [0.2, 0.25) is 0 Å². The average Bonchev–Trinajstić information content (AvgIpc) is 2.57. The molecular formula is C17H19N3O4. The standard InChI is InChI=1S/C17H19N3O4/c1-11-9-15(20(22)23)10-18-16(11)19-14-6-4-13(5-7-14)8-12(2)17(21)24-3/h4-7,9-10,12H,8H2,1-3H3,(H,18,19). The first-order chi connectivity index (χ1) is 11.4. The molecule has 1 heterocycles. The lowest BCUT2D eigenvalue weighted by molar-refractivity contribution is -0.385. The van der Waals surface area contributed by atoms with Gasteiger partial charge >= 0.3 is 5.97 Å². The van der Waals surface area contributed by atoms with Crippen LogP contribution in [0.3, 0.4) is 0 Å². The monoisotopic (exact) mass is 329 g/mol. The van der Waals surface area contributed by atoms with Gasteiger partial charge in [-0.3, -0.25) is 14.9 Å². The second-order valence-electron chi connectivity index (χ2n) is 5.57. The normalized spacial score (nSPS) is 11.6. The number of nitro groups is 1. The molecule has 2 aromatic rings. The van der Waals surface area contributed by atoms with Gasteiger partial charge in [0.2, 0.25) is 0 Å². The van der Waals surface area contributed by atoms with Crippen LogP contribution < -0.4 is 5.32 Å².